The first-order chi connectivity index (χ1) is 25.3. The Balaban J connectivity index is 1.04. The van der Waals surface area contributed by atoms with Crippen LogP contribution in [0, 0.1) is 17.8 Å². The van der Waals surface area contributed by atoms with Crippen LogP contribution < -0.4 is 10.1 Å². The molecule has 1 fully saturated rings. The summed E-state index contributed by atoms with van der Waals surface area (Å²) in [5.41, 5.74) is 5.65. The quantitative estimate of drug-likeness (QED) is 0.144. The monoisotopic (exact) mass is 700 g/mol. The molecule has 2 amide bonds. The van der Waals surface area contributed by atoms with Crippen molar-refractivity contribution in [1.29, 1.82) is 0 Å². The Bertz CT molecular complexity index is 1860. The number of amides is 2. The molecule has 2 aliphatic carbocycles. The van der Waals surface area contributed by atoms with Crippen molar-refractivity contribution in [3.63, 3.8) is 0 Å². The number of carboxylic acid groups (broad SMARTS) is 1. The first kappa shape index (κ1) is 36.5. The predicted octanol–water partition coefficient (Wildman–Crippen LogP) is 8.46. The Morgan fingerprint density at radius 1 is 0.865 bits per heavy atom. The fourth-order valence-corrected chi connectivity index (χ4v) is 7.70. The van der Waals surface area contributed by atoms with Crippen molar-refractivity contribution >= 4 is 29.0 Å². The number of carbonyl (C=O) groups is 3. The number of methoxy groups -OCH3 is 1. The zero-order valence-corrected chi connectivity index (χ0v) is 30.1. The van der Waals surface area contributed by atoms with E-state index in [1.807, 2.05) is 54.9 Å². The summed E-state index contributed by atoms with van der Waals surface area (Å²) in [6, 6.07) is 21.3. The van der Waals surface area contributed by atoms with Crippen LogP contribution in [-0.4, -0.2) is 51.4 Å². The van der Waals surface area contributed by atoms with Crippen molar-refractivity contribution in [2.75, 3.05) is 19.0 Å². The van der Waals surface area contributed by atoms with Gasteiger partial charge in [-0.1, -0.05) is 74.7 Å². The molecule has 52 heavy (non-hydrogen) atoms. The molecular formula is C43H48N4O5. The molecule has 0 aliphatic heterocycles. The van der Waals surface area contributed by atoms with Crippen LogP contribution in [0.2, 0.25) is 0 Å². The molecule has 1 heterocycles. The van der Waals surface area contributed by atoms with Crippen molar-refractivity contribution < 1.29 is 24.2 Å². The van der Waals surface area contributed by atoms with E-state index < -0.39 is 18.4 Å². The molecule has 3 aromatic carbocycles. The van der Waals surface area contributed by atoms with Crippen LogP contribution in [0.1, 0.15) is 85.3 Å². The maximum absolute atomic E-state index is 13.4. The number of carboxylic acids is 1. The number of carbonyl (C=O) groups excluding carboxylic acids is 2. The number of allylic oxidation sites excluding steroid dienone is 2. The summed E-state index contributed by atoms with van der Waals surface area (Å²) in [4.78, 5) is 48.5. The molecule has 4 aromatic rings. The third-order valence-electron chi connectivity index (χ3n) is 10.8. The summed E-state index contributed by atoms with van der Waals surface area (Å²) in [7, 11) is 1.56. The van der Waals surface area contributed by atoms with Crippen molar-refractivity contribution in [3.8, 4) is 17.1 Å². The largest absolute Gasteiger partial charge is 0.496 e. The second-order valence-electron chi connectivity index (χ2n) is 14.1. The SMILES string of the molecule is CC[C@H]1CC[C@H](C2CC=C(c3cnc(-c4ccc(CN(CC(=O)O)C(=O)c5ccc(NC(=O)Cc6ccccc6OC)cc5)cc4)nc3)CC2)CC1. The van der Waals surface area contributed by atoms with E-state index >= 15 is 0 Å². The maximum atomic E-state index is 13.4. The Morgan fingerprint density at radius 3 is 2.21 bits per heavy atom. The number of hydrogen-bond acceptors (Lipinski definition) is 6. The smallest absolute Gasteiger partial charge is 0.323 e. The maximum Gasteiger partial charge on any atom is 0.323 e. The number of nitrogens with one attached hydrogen (secondary N) is 1. The highest BCUT2D eigenvalue weighted by Crippen LogP contribution is 2.41. The van der Waals surface area contributed by atoms with Gasteiger partial charge in [-0.3, -0.25) is 14.4 Å². The molecule has 1 aromatic heterocycles. The van der Waals surface area contributed by atoms with E-state index in [0.29, 0.717) is 22.8 Å². The summed E-state index contributed by atoms with van der Waals surface area (Å²) in [5, 5.41) is 12.4. The van der Waals surface area contributed by atoms with Gasteiger partial charge in [0.15, 0.2) is 5.82 Å². The molecule has 0 bridgehead atoms. The van der Waals surface area contributed by atoms with Crippen molar-refractivity contribution in [2.45, 2.75) is 71.3 Å². The Morgan fingerprint density at radius 2 is 1.58 bits per heavy atom. The van der Waals surface area contributed by atoms with E-state index in [2.05, 4.69) is 28.3 Å². The van der Waals surface area contributed by atoms with Crippen LogP contribution in [0.25, 0.3) is 17.0 Å². The predicted molar refractivity (Wildman–Crippen MR) is 203 cm³/mol. The van der Waals surface area contributed by atoms with E-state index in [4.69, 9.17) is 4.74 Å². The Labute approximate surface area is 306 Å². The lowest BCUT2D eigenvalue weighted by Crippen LogP contribution is -2.35. The molecule has 9 nitrogen and oxygen atoms in total. The second-order valence-corrected chi connectivity index (χ2v) is 14.1. The first-order valence-corrected chi connectivity index (χ1v) is 18.4. The van der Waals surface area contributed by atoms with Gasteiger partial charge < -0.3 is 20.1 Å². The van der Waals surface area contributed by atoms with E-state index in [0.717, 1.165) is 52.8 Å². The van der Waals surface area contributed by atoms with Gasteiger partial charge in [0.05, 0.1) is 13.5 Å². The molecule has 1 unspecified atom stereocenters. The molecule has 2 N–H and O–H groups in total. The summed E-state index contributed by atoms with van der Waals surface area (Å²) < 4.78 is 5.33. The van der Waals surface area contributed by atoms with Crippen molar-refractivity contribution in [3.05, 3.63) is 114 Å². The average Bonchev–Trinajstić information content (AvgIpc) is 3.18. The lowest BCUT2D eigenvalue weighted by molar-refractivity contribution is -0.137. The summed E-state index contributed by atoms with van der Waals surface area (Å²) in [5.74, 6) is 2.10. The summed E-state index contributed by atoms with van der Waals surface area (Å²) in [6.07, 6.45) is 16.7. The van der Waals surface area contributed by atoms with E-state index in [9.17, 15) is 19.5 Å². The Kier molecular flexibility index (Phi) is 12.1. The molecular weight excluding hydrogens is 652 g/mol. The van der Waals surface area contributed by atoms with Crippen molar-refractivity contribution in [1.82, 2.24) is 14.9 Å². The number of ether oxygens (including phenoxy) is 1. The van der Waals surface area contributed by atoms with Gasteiger partial charge in [-0.2, -0.15) is 0 Å². The molecule has 1 saturated carbocycles. The molecule has 6 rings (SSSR count). The minimum Gasteiger partial charge on any atom is -0.496 e. The van der Waals surface area contributed by atoms with Gasteiger partial charge in [0.2, 0.25) is 5.91 Å². The molecule has 1 atom stereocenters. The zero-order chi connectivity index (χ0) is 36.5. The number of benzene rings is 3. The van der Waals surface area contributed by atoms with Gasteiger partial charge in [-0.15, -0.1) is 0 Å². The lowest BCUT2D eigenvalue weighted by Gasteiger charge is -2.35. The third-order valence-corrected chi connectivity index (χ3v) is 10.8. The van der Waals surface area contributed by atoms with Crippen LogP contribution in [0.5, 0.6) is 5.75 Å². The van der Waals surface area contributed by atoms with Gasteiger partial charge in [-0.05, 0) is 91.3 Å². The van der Waals surface area contributed by atoms with Gasteiger partial charge in [-0.25, -0.2) is 9.97 Å². The molecule has 0 saturated heterocycles. The minimum atomic E-state index is -1.11. The van der Waals surface area contributed by atoms with Crippen LogP contribution in [0.15, 0.2) is 91.3 Å². The van der Waals surface area contributed by atoms with Gasteiger partial charge in [0, 0.05) is 46.9 Å². The number of hydrogen-bond donors (Lipinski definition) is 2. The normalized spacial score (nSPS) is 18.6. The first-order valence-electron chi connectivity index (χ1n) is 18.4. The summed E-state index contributed by atoms with van der Waals surface area (Å²) in [6.45, 7) is 1.97. The molecule has 2 aliphatic rings. The number of rotatable bonds is 13. The third kappa shape index (κ3) is 9.32. The zero-order valence-electron chi connectivity index (χ0n) is 30.1. The number of nitrogens with zero attached hydrogens (tertiary/aromatic N) is 3. The van der Waals surface area contributed by atoms with E-state index in [1.165, 1.54) is 49.0 Å². The van der Waals surface area contributed by atoms with Gasteiger partial charge in [0.25, 0.3) is 5.91 Å². The Hall–Kier alpha value is -5.31. The number of anilines is 1. The second kappa shape index (κ2) is 17.3. The fourth-order valence-electron chi connectivity index (χ4n) is 7.70. The fraction of sp³-hybridized carbons (Fsp3) is 0.372. The van der Waals surface area contributed by atoms with E-state index in [1.54, 1.807) is 37.4 Å². The standard InChI is InChI=1S/C43H48N4O5/c1-3-29-8-12-31(13-9-29)32-16-18-33(19-17-32)37-25-44-42(45-26-37)34-14-10-30(11-15-34)27-47(28-41(49)50)43(51)35-20-22-38(23-21-35)46-40(48)24-36-6-4-5-7-39(36)52-2/h4-7,10-11,14-15,18,20-23,25-26,29,31-32H,3,8-9,12-13,16-17,19,24,27-28H2,1-2H3,(H,46,48)(H,49,50)/t29-,31-,32?. The van der Waals surface area contributed by atoms with Gasteiger partial charge in [0.1, 0.15) is 12.3 Å². The molecule has 9 heteroatoms. The van der Waals surface area contributed by atoms with Crippen LogP contribution in [0.3, 0.4) is 0 Å². The molecule has 0 spiro atoms. The highest BCUT2D eigenvalue weighted by atomic mass is 16.5. The lowest BCUT2D eigenvalue weighted by atomic mass is 9.71. The number of aliphatic carboxylic acids is 1. The van der Waals surface area contributed by atoms with E-state index in [-0.39, 0.29) is 18.9 Å². The topological polar surface area (TPSA) is 122 Å². The minimum absolute atomic E-state index is 0.109. The van der Waals surface area contributed by atoms with Crippen LogP contribution in [0.4, 0.5) is 5.69 Å². The highest BCUT2D eigenvalue weighted by molar-refractivity contribution is 5.97. The van der Waals surface area contributed by atoms with Crippen LogP contribution >= 0.6 is 0 Å². The highest BCUT2D eigenvalue weighted by Gasteiger charge is 2.28. The van der Waals surface area contributed by atoms with Crippen LogP contribution in [-0.2, 0) is 22.6 Å². The number of aromatic nitrogens is 2. The average molecular weight is 701 g/mol. The summed E-state index contributed by atoms with van der Waals surface area (Å²) >= 11 is 0. The van der Waals surface area contributed by atoms with Crippen molar-refractivity contribution in [2.24, 2.45) is 17.8 Å². The molecule has 0 radical (unpaired) electrons. The molecule has 270 valence electrons. The van der Waals surface area contributed by atoms with Gasteiger partial charge >= 0.3 is 5.97 Å². The number of para-hydroxylation sites is 1.